The molecule has 0 spiro atoms. The summed E-state index contributed by atoms with van der Waals surface area (Å²) in [5, 5.41) is 23.9. The summed E-state index contributed by atoms with van der Waals surface area (Å²) in [6.45, 7) is 7.46. The van der Waals surface area contributed by atoms with Crippen molar-refractivity contribution in [2.75, 3.05) is 57.7 Å². The van der Waals surface area contributed by atoms with Gasteiger partial charge in [-0.1, -0.05) is 30.7 Å². The smallest absolute Gasteiger partial charge is 0.220 e. The summed E-state index contributed by atoms with van der Waals surface area (Å²) in [7, 11) is 0. The van der Waals surface area contributed by atoms with Gasteiger partial charge in [-0.2, -0.15) is 0 Å². The maximum Gasteiger partial charge on any atom is 0.220 e. The molecule has 0 aliphatic carbocycles. The highest BCUT2D eigenvalue weighted by Crippen LogP contribution is 2.12. The fourth-order valence-corrected chi connectivity index (χ4v) is 4.94. The van der Waals surface area contributed by atoms with Crippen molar-refractivity contribution < 1.29 is 14.0 Å². The lowest BCUT2D eigenvalue weighted by Gasteiger charge is -2.21. The van der Waals surface area contributed by atoms with Gasteiger partial charge >= 0.3 is 0 Å². The molecule has 2 atom stereocenters. The molecule has 2 aromatic rings. The van der Waals surface area contributed by atoms with Crippen LogP contribution >= 0.6 is 12.2 Å². The average Bonchev–Trinajstić information content (AvgIpc) is 2.98. The molecule has 1 heterocycles. The molecule has 1 saturated heterocycles. The molecular formula is C31H46FN7O2S. The molecule has 2 aromatic carbocycles. The van der Waals surface area contributed by atoms with Gasteiger partial charge in [0.25, 0.3) is 0 Å². The van der Waals surface area contributed by atoms with Gasteiger partial charge in [-0.05, 0) is 73.3 Å². The zero-order valence-electron chi connectivity index (χ0n) is 24.4. The summed E-state index contributed by atoms with van der Waals surface area (Å²) < 4.78 is 13.1. The number of anilines is 1. The Hall–Kier alpha value is -2.96. The third-order valence-electron chi connectivity index (χ3n) is 7.02. The molecule has 1 fully saturated rings. The highest BCUT2D eigenvalue weighted by Gasteiger charge is 2.12. The number of halogens is 1. The van der Waals surface area contributed by atoms with Gasteiger partial charge in [0.2, 0.25) is 5.91 Å². The SMILES string of the molecule is O=CC(Cc1ccc(F)cc1)NC(=O)CCCCCNC(=S)Nc1ccc(CC2CNCCNCCNCCN2)cc1. The van der Waals surface area contributed by atoms with E-state index in [1.807, 2.05) is 0 Å². The molecule has 3 rings (SSSR count). The second kappa shape index (κ2) is 20.0. The van der Waals surface area contributed by atoms with Crippen LogP contribution in [0.25, 0.3) is 0 Å². The molecule has 42 heavy (non-hydrogen) atoms. The number of unbranched alkanes of at least 4 members (excludes halogenated alkanes) is 2. The first kappa shape index (κ1) is 33.5. The van der Waals surface area contributed by atoms with E-state index in [9.17, 15) is 14.0 Å². The summed E-state index contributed by atoms with van der Waals surface area (Å²) in [6.07, 6.45) is 4.82. The molecule has 0 saturated carbocycles. The minimum atomic E-state index is -0.615. The summed E-state index contributed by atoms with van der Waals surface area (Å²) in [4.78, 5) is 23.6. The Labute approximate surface area is 254 Å². The lowest BCUT2D eigenvalue weighted by atomic mass is 10.1. The van der Waals surface area contributed by atoms with Crippen LogP contribution in [0.3, 0.4) is 0 Å². The lowest BCUT2D eigenvalue weighted by molar-refractivity contribution is -0.124. The van der Waals surface area contributed by atoms with E-state index in [1.54, 1.807) is 12.1 Å². The standard InChI is InChI=1S/C31H46FN7O2S/c32-26-9-5-24(6-10-26)21-29(23-40)38-30(41)4-2-1-3-13-37-31(42)39-27-11-7-25(8-12-27)20-28-22-35-17-16-33-14-15-34-18-19-36-28/h5-12,23,28-29,33-36H,1-4,13-22H2,(H,38,41)(H2,37,39,42). The zero-order chi connectivity index (χ0) is 29.8. The number of hydrogen-bond donors (Lipinski definition) is 7. The first-order chi connectivity index (χ1) is 20.5. The fourth-order valence-electron chi connectivity index (χ4n) is 4.72. The quantitative estimate of drug-likeness (QED) is 0.105. The molecule has 1 amide bonds. The predicted octanol–water partition coefficient (Wildman–Crippen LogP) is 1.88. The van der Waals surface area contributed by atoms with Crippen LogP contribution in [0.4, 0.5) is 10.1 Å². The Morgan fingerprint density at radius 3 is 2.29 bits per heavy atom. The van der Waals surface area contributed by atoms with Crippen molar-refractivity contribution in [3.8, 4) is 0 Å². The van der Waals surface area contributed by atoms with Gasteiger partial charge in [-0.3, -0.25) is 4.79 Å². The molecule has 0 radical (unpaired) electrons. The number of amides is 1. The minimum absolute atomic E-state index is 0.157. The van der Waals surface area contributed by atoms with Crippen LogP contribution in [0.5, 0.6) is 0 Å². The normalized spacial score (nSPS) is 17.2. The van der Waals surface area contributed by atoms with Crippen molar-refractivity contribution in [2.45, 2.75) is 50.6 Å². The largest absolute Gasteiger partial charge is 0.362 e. The van der Waals surface area contributed by atoms with Gasteiger partial charge in [-0.25, -0.2) is 4.39 Å². The van der Waals surface area contributed by atoms with Gasteiger partial charge in [0.05, 0.1) is 6.04 Å². The number of hydrogen-bond acceptors (Lipinski definition) is 7. The van der Waals surface area contributed by atoms with E-state index in [4.69, 9.17) is 12.2 Å². The minimum Gasteiger partial charge on any atom is -0.362 e. The molecular weight excluding hydrogens is 553 g/mol. The molecule has 1 aliphatic heterocycles. The number of rotatable bonds is 13. The third kappa shape index (κ3) is 14.3. The van der Waals surface area contributed by atoms with Crippen LogP contribution in [-0.4, -0.2) is 81.7 Å². The second-order valence-electron chi connectivity index (χ2n) is 10.6. The van der Waals surface area contributed by atoms with E-state index in [0.717, 1.165) is 89.0 Å². The first-order valence-corrected chi connectivity index (χ1v) is 15.4. The Bertz CT molecular complexity index is 1060. The van der Waals surface area contributed by atoms with Gasteiger partial charge < -0.3 is 42.0 Å². The fraction of sp³-hybridized carbons (Fsp3) is 0.516. The summed E-state index contributed by atoms with van der Waals surface area (Å²) >= 11 is 5.44. The summed E-state index contributed by atoms with van der Waals surface area (Å²) in [6, 6.07) is 14.1. The van der Waals surface area contributed by atoms with E-state index in [2.05, 4.69) is 61.5 Å². The number of aldehydes is 1. The van der Waals surface area contributed by atoms with Gasteiger partial charge in [-0.15, -0.1) is 0 Å². The number of thiocarbonyl (C=S) groups is 1. The molecule has 9 nitrogen and oxygen atoms in total. The highest BCUT2D eigenvalue weighted by molar-refractivity contribution is 7.80. The maximum atomic E-state index is 13.1. The van der Waals surface area contributed by atoms with E-state index in [0.29, 0.717) is 30.5 Å². The van der Waals surface area contributed by atoms with Gasteiger partial charge in [0, 0.05) is 70.5 Å². The number of nitrogens with one attached hydrogen (secondary N) is 7. The van der Waals surface area contributed by atoms with Crippen LogP contribution in [0.1, 0.15) is 36.8 Å². The van der Waals surface area contributed by atoms with Crippen molar-refractivity contribution >= 4 is 35.2 Å². The van der Waals surface area contributed by atoms with E-state index >= 15 is 0 Å². The van der Waals surface area contributed by atoms with Crippen molar-refractivity contribution in [2.24, 2.45) is 0 Å². The Morgan fingerprint density at radius 1 is 0.905 bits per heavy atom. The maximum absolute atomic E-state index is 13.1. The summed E-state index contributed by atoms with van der Waals surface area (Å²) in [5.74, 6) is -0.486. The van der Waals surface area contributed by atoms with Gasteiger partial charge in [0.15, 0.2) is 5.11 Å². The number of benzene rings is 2. The van der Waals surface area contributed by atoms with Crippen LogP contribution < -0.4 is 37.2 Å². The molecule has 230 valence electrons. The summed E-state index contributed by atoms with van der Waals surface area (Å²) in [5.41, 5.74) is 3.02. The Balaban J connectivity index is 1.27. The lowest BCUT2D eigenvalue weighted by Crippen LogP contribution is -2.46. The molecule has 2 unspecified atom stereocenters. The molecule has 1 aliphatic rings. The molecule has 0 aromatic heterocycles. The Kier molecular flexibility index (Phi) is 16.0. The van der Waals surface area contributed by atoms with Crippen molar-refractivity contribution in [3.63, 3.8) is 0 Å². The van der Waals surface area contributed by atoms with Crippen LogP contribution in [0, 0.1) is 5.82 Å². The van der Waals surface area contributed by atoms with Crippen LogP contribution in [0.15, 0.2) is 48.5 Å². The zero-order valence-corrected chi connectivity index (χ0v) is 25.2. The van der Waals surface area contributed by atoms with Crippen LogP contribution in [-0.2, 0) is 22.4 Å². The number of carbonyl (C=O) groups is 2. The first-order valence-electron chi connectivity index (χ1n) is 15.0. The van der Waals surface area contributed by atoms with Crippen molar-refractivity contribution in [1.82, 2.24) is 31.9 Å². The van der Waals surface area contributed by atoms with E-state index in [-0.39, 0.29) is 11.7 Å². The van der Waals surface area contributed by atoms with Crippen LogP contribution in [0.2, 0.25) is 0 Å². The molecule has 7 N–H and O–H groups in total. The Morgan fingerprint density at radius 2 is 1.57 bits per heavy atom. The molecule has 0 bridgehead atoms. The molecule has 11 heteroatoms. The predicted molar refractivity (Wildman–Crippen MR) is 171 cm³/mol. The highest BCUT2D eigenvalue weighted by atomic mass is 32.1. The average molecular weight is 600 g/mol. The topological polar surface area (TPSA) is 118 Å². The van der Waals surface area contributed by atoms with E-state index in [1.165, 1.54) is 17.7 Å². The number of carbonyl (C=O) groups excluding carboxylic acids is 2. The second-order valence-corrected chi connectivity index (χ2v) is 11.0. The van der Waals surface area contributed by atoms with Crippen molar-refractivity contribution in [3.05, 3.63) is 65.5 Å². The monoisotopic (exact) mass is 599 g/mol. The van der Waals surface area contributed by atoms with Crippen molar-refractivity contribution in [1.29, 1.82) is 0 Å². The van der Waals surface area contributed by atoms with Gasteiger partial charge in [0.1, 0.15) is 12.1 Å². The third-order valence-corrected chi connectivity index (χ3v) is 7.27. The van der Waals surface area contributed by atoms with E-state index < -0.39 is 6.04 Å².